The minimum atomic E-state index is -0.542. The molecular weight excluding hydrogens is 306 g/mol. The molecule has 1 atom stereocenters. The summed E-state index contributed by atoms with van der Waals surface area (Å²) in [6, 6.07) is 0. The van der Waals surface area contributed by atoms with Gasteiger partial charge in [0.2, 0.25) is 5.91 Å². The van der Waals surface area contributed by atoms with Crippen LogP contribution in [-0.2, 0) is 25.5 Å². The summed E-state index contributed by atoms with van der Waals surface area (Å²) in [5.41, 5.74) is 0.940. The first-order valence-corrected chi connectivity index (χ1v) is 7.96. The van der Waals surface area contributed by atoms with Gasteiger partial charge in [-0.25, -0.2) is 4.79 Å². The molecule has 22 heavy (non-hydrogen) atoms. The van der Waals surface area contributed by atoms with Crippen LogP contribution in [0.1, 0.15) is 52.9 Å². The number of aryl methyl sites for hydroxylation is 1. The fraction of sp³-hybridized carbons (Fsp3) is 0.533. The third-order valence-electron chi connectivity index (χ3n) is 3.64. The maximum atomic E-state index is 12.1. The number of carbonyl (C=O) groups excluding carboxylic acids is 3. The number of amides is 1. The van der Waals surface area contributed by atoms with Gasteiger partial charge in [0.1, 0.15) is 5.00 Å². The summed E-state index contributed by atoms with van der Waals surface area (Å²) < 4.78 is 9.64. The van der Waals surface area contributed by atoms with Crippen molar-refractivity contribution >= 4 is 34.2 Å². The molecule has 1 aliphatic rings. The lowest BCUT2D eigenvalue weighted by Crippen LogP contribution is -2.17. The molecule has 0 aromatic carbocycles. The van der Waals surface area contributed by atoms with Crippen molar-refractivity contribution in [3.8, 4) is 0 Å². The average molecular weight is 325 g/mol. The second-order valence-corrected chi connectivity index (χ2v) is 6.15. The van der Waals surface area contributed by atoms with Gasteiger partial charge in [-0.1, -0.05) is 6.92 Å². The van der Waals surface area contributed by atoms with Crippen LogP contribution in [0.2, 0.25) is 0 Å². The van der Waals surface area contributed by atoms with Crippen LogP contribution in [0.5, 0.6) is 0 Å². The van der Waals surface area contributed by atoms with Crippen LogP contribution in [0, 0.1) is 0 Å². The van der Waals surface area contributed by atoms with E-state index in [1.807, 2.05) is 6.92 Å². The molecule has 1 aromatic heterocycles. The largest absolute Gasteiger partial charge is 0.469 e. The molecule has 6 nitrogen and oxygen atoms in total. The van der Waals surface area contributed by atoms with Crippen molar-refractivity contribution in [2.45, 2.75) is 38.5 Å². The number of thiophene rings is 1. The summed E-state index contributed by atoms with van der Waals surface area (Å²) in [6.45, 7) is 1.91. The third-order valence-corrected chi connectivity index (χ3v) is 4.82. The molecule has 0 saturated carbocycles. The van der Waals surface area contributed by atoms with Gasteiger partial charge in [-0.2, -0.15) is 0 Å². The Kier molecular flexibility index (Phi) is 5.18. The lowest BCUT2D eigenvalue weighted by molar-refractivity contribution is -0.142. The molecule has 1 N–H and O–H groups in total. The first-order chi connectivity index (χ1) is 10.5. The summed E-state index contributed by atoms with van der Waals surface area (Å²) in [5, 5.41) is 3.22. The molecule has 0 saturated heterocycles. The monoisotopic (exact) mass is 325 g/mol. The number of hydrogen-bond donors (Lipinski definition) is 1. The summed E-state index contributed by atoms with van der Waals surface area (Å²) in [4.78, 5) is 36.8. The van der Waals surface area contributed by atoms with Crippen molar-refractivity contribution in [2.24, 2.45) is 0 Å². The van der Waals surface area contributed by atoms with Crippen molar-refractivity contribution in [2.75, 3.05) is 19.5 Å². The topological polar surface area (TPSA) is 81.7 Å². The highest BCUT2D eigenvalue weighted by atomic mass is 32.1. The summed E-state index contributed by atoms with van der Waals surface area (Å²) >= 11 is 1.34. The van der Waals surface area contributed by atoms with Crippen molar-refractivity contribution in [1.29, 1.82) is 0 Å². The van der Waals surface area contributed by atoms with Crippen molar-refractivity contribution < 1.29 is 23.9 Å². The van der Waals surface area contributed by atoms with Gasteiger partial charge in [-0.05, 0) is 24.8 Å². The number of esters is 2. The highest BCUT2D eigenvalue weighted by Crippen LogP contribution is 2.45. The Morgan fingerprint density at radius 1 is 1.27 bits per heavy atom. The van der Waals surface area contributed by atoms with Crippen LogP contribution in [0.15, 0.2) is 0 Å². The second kappa shape index (κ2) is 6.91. The zero-order valence-electron chi connectivity index (χ0n) is 12.9. The highest BCUT2D eigenvalue weighted by Gasteiger charge is 2.38. The summed E-state index contributed by atoms with van der Waals surface area (Å²) in [7, 11) is 2.61. The molecule has 1 amide bonds. The maximum Gasteiger partial charge on any atom is 0.341 e. The van der Waals surface area contributed by atoms with Crippen molar-refractivity contribution in [3.05, 3.63) is 16.0 Å². The van der Waals surface area contributed by atoms with Gasteiger partial charge in [-0.15, -0.1) is 11.3 Å². The normalized spacial score (nSPS) is 16.0. The van der Waals surface area contributed by atoms with Crippen molar-refractivity contribution in [1.82, 2.24) is 0 Å². The molecule has 1 heterocycles. The summed E-state index contributed by atoms with van der Waals surface area (Å²) in [6.07, 6.45) is 2.40. The molecule has 120 valence electrons. The minimum Gasteiger partial charge on any atom is -0.469 e. The number of rotatable bonds is 5. The Bertz CT molecular complexity index is 607. The molecule has 0 spiro atoms. The van der Waals surface area contributed by atoms with Gasteiger partial charge >= 0.3 is 11.9 Å². The van der Waals surface area contributed by atoms with E-state index in [-0.39, 0.29) is 11.9 Å². The van der Waals surface area contributed by atoms with Crippen LogP contribution < -0.4 is 5.32 Å². The van der Waals surface area contributed by atoms with Gasteiger partial charge in [0, 0.05) is 11.3 Å². The zero-order valence-corrected chi connectivity index (χ0v) is 13.7. The quantitative estimate of drug-likeness (QED) is 0.841. The van der Waals surface area contributed by atoms with E-state index in [1.165, 1.54) is 25.6 Å². The van der Waals surface area contributed by atoms with Crippen LogP contribution in [0.25, 0.3) is 0 Å². The fourth-order valence-electron chi connectivity index (χ4n) is 2.65. The molecule has 2 rings (SSSR count). The number of anilines is 1. The highest BCUT2D eigenvalue weighted by molar-refractivity contribution is 7.17. The molecule has 0 radical (unpaired) electrons. The van der Waals surface area contributed by atoms with E-state index in [4.69, 9.17) is 9.47 Å². The van der Waals surface area contributed by atoms with E-state index in [0.717, 1.165) is 11.3 Å². The number of methoxy groups -OCH3 is 2. The van der Waals surface area contributed by atoms with Gasteiger partial charge in [0.25, 0.3) is 0 Å². The Morgan fingerprint density at radius 2 is 2.00 bits per heavy atom. The first-order valence-electron chi connectivity index (χ1n) is 7.15. The van der Waals surface area contributed by atoms with E-state index in [1.54, 1.807) is 0 Å². The third kappa shape index (κ3) is 2.99. The maximum absolute atomic E-state index is 12.1. The first kappa shape index (κ1) is 16.5. The van der Waals surface area contributed by atoms with Crippen molar-refractivity contribution in [3.63, 3.8) is 0 Å². The standard InChI is InChI=1S/C15H19NO5S/c1-4-5-10(17)16-13-12(15(19)21-3)11-8(14(18)20-2)6-7-9(11)22-13/h8H,4-7H2,1-3H3,(H,16,17)/t8-/m1/s1. The number of hydrogen-bond acceptors (Lipinski definition) is 6. The predicted molar refractivity (Wildman–Crippen MR) is 82.3 cm³/mol. The predicted octanol–water partition coefficient (Wildman–Crippen LogP) is 2.48. The SMILES string of the molecule is CCCC(=O)Nc1sc2c(c1C(=O)OC)[C@H](C(=O)OC)CC2. The molecular formula is C15H19NO5S. The molecule has 1 aliphatic carbocycles. The van der Waals surface area contributed by atoms with Crippen LogP contribution in [-0.4, -0.2) is 32.1 Å². The van der Waals surface area contributed by atoms with E-state index in [2.05, 4.69) is 5.32 Å². The molecule has 1 aromatic rings. The minimum absolute atomic E-state index is 0.151. The zero-order chi connectivity index (χ0) is 16.3. The Morgan fingerprint density at radius 3 is 2.59 bits per heavy atom. The Labute approximate surface area is 132 Å². The molecule has 0 aliphatic heterocycles. The molecule has 0 bridgehead atoms. The van der Waals surface area contributed by atoms with Crippen LogP contribution in [0.4, 0.5) is 5.00 Å². The van der Waals surface area contributed by atoms with Gasteiger partial charge < -0.3 is 14.8 Å². The van der Waals surface area contributed by atoms with E-state index in [0.29, 0.717) is 35.4 Å². The second-order valence-electron chi connectivity index (χ2n) is 5.05. The number of fused-ring (bicyclic) bond motifs is 1. The van der Waals surface area contributed by atoms with Crippen LogP contribution in [0.3, 0.4) is 0 Å². The molecule has 0 fully saturated rings. The number of carbonyl (C=O) groups is 3. The van der Waals surface area contributed by atoms with E-state index < -0.39 is 11.9 Å². The smallest absolute Gasteiger partial charge is 0.341 e. The van der Waals surface area contributed by atoms with E-state index in [9.17, 15) is 14.4 Å². The van der Waals surface area contributed by atoms with E-state index >= 15 is 0 Å². The van der Waals surface area contributed by atoms with Gasteiger partial charge in [-0.3, -0.25) is 9.59 Å². The fourth-order valence-corrected chi connectivity index (χ4v) is 3.93. The Hall–Kier alpha value is -1.89. The number of ether oxygens (including phenoxy) is 2. The van der Waals surface area contributed by atoms with Gasteiger partial charge in [0.15, 0.2) is 0 Å². The molecule has 0 unspecified atom stereocenters. The number of nitrogens with one attached hydrogen (secondary N) is 1. The Balaban J connectivity index is 2.43. The lowest BCUT2D eigenvalue weighted by Gasteiger charge is -2.11. The lowest BCUT2D eigenvalue weighted by atomic mass is 9.99. The van der Waals surface area contributed by atoms with Gasteiger partial charge in [0.05, 0.1) is 25.7 Å². The van der Waals surface area contributed by atoms with Crippen LogP contribution >= 0.6 is 11.3 Å². The summed E-state index contributed by atoms with van der Waals surface area (Å²) in [5.74, 6) is -1.53. The molecule has 7 heteroatoms. The average Bonchev–Trinajstić information content (AvgIpc) is 3.04.